The molecule has 124 valence electrons. The summed E-state index contributed by atoms with van der Waals surface area (Å²) >= 11 is 3.48. The molecule has 3 aromatic rings. The molecule has 0 unspecified atom stereocenters. The average Bonchev–Trinajstić information content (AvgIpc) is 3.27. The number of rotatable bonds is 4. The van der Waals surface area contributed by atoms with Crippen molar-refractivity contribution in [1.82, 2.24) is 9.88 Å². The number of aromatic nitrogens is 1. The van der Waals surface area contributed by atoms with Gasteiger partial charge in [-0.25, -0.2) is 4.98 Å². The summed E-state index contributed by atoms with van der Waals surface area (Å²) in [6.07, 6.45) is 0. The number of thiophene rings is 1. The van der Waals surface area contributed by atoms with Crippen molar-refractivity contribution in [2.24, 2.45) is 0 Å². The van der Waals surface area contributed by atoms with E-state index in [0.717, 1.165) is 37.7 Å². The fraction of sp³-hybridized carbons (Fsp3) is 0.316. The third-order valence-electron chi connectivity index (χ3n) is 4.53. The first kappa shape index (κ1) is 15.8. The highest BCUT2D eigenvalue weighted by molar-refractivity contribution is 7.14. The summed E-state index contributed by atoms with van der Waals surface area (Å²) in [5, 5.41) is 7.63. The Morgan fingerprint density at radius 2 is 1.88 bits per heavy atom. The molecule has 2 aromatic heterocycles. The van der Waals surface area contributed by atoms with Crippen LogP contribution in [0, 0.1) is 6.92 Å². The van der Waals surface area contributed by atoms with E-state index < -0.39 is 0 Å². The Morgan fingerprint density at radius 1 is 1.04 bits per heavy atom. The molecule has 0 radical (unpaired) electrons. The summed E-state index contributed by atoms with van der Waals surface area (Å²) in [5.41, 5.74) is 5.20. The first-order valence-corrected chi connectivity index (χ1v) is 10.1. The third kappa shape index (κ3) is 3.38. The minimum absolute atomic E-state index is 0.961. The van der Waals surface area contributed by atoms with Crippen molar-refractivity contribution in [3.8, 4) is 10.6 Å². The van der Waals surface area contributed by atoms with Gasteiger partial charge in [0, 0.05) is 54.7 Å². The van der Waals surface area contributed by atoms with Crippen LogP contribution in [0.4, 0.5) is 5.69 Å². The Bertz CT molecular complexity index is 787. The SMILES string of the molecule is Cc1ccccc1N1CCN(Cc2csc(-c3ccsc3)n2)CC1. The molecule has 24 heavy (non-hydrogen) atoms. The molecule has 0 amide bonds. The number of aryl methyl sites for hydroxylation is 1. The van der Waals surface area contributed by atoms with Crippen molar-refractivity contribution in [2.45, 2.75) is 13.5 Å². The lowest BCUT2D eigenvalue weighted by Gasteiger charge is -2.36. The van der Waals surface area contributed by atoms with E-state index in [-0.39, 0.29) is 0 Å². The normalized spacial score (nSPS) is 15.8. The molecule has 1 fully saturated rings. The second-order valence-corrected chi connectivity index (χ2v) is 7.84. The van der Waals surface area contributed by atoms with E-state index in [1.807, 2.05) is 0 Å². The van der Waals surface area contributed by atoms with Gasteiger partial charge in [-0.3, -0.25) is 4.90 Å². The van der Waals surface area contributed by atoms with Gasteiger partial charge < -0.3 is 4.90 Å². The highest BCUT2D eigenvalue weighted by Gasteiger charge is 2.19. The van der Waals surface area contributed by atoms with Crippen LogP contribution in [-0.2, 0) is 6.54 Å². The van der Waals surface area contributed by atoms with Gasteiger partial charge in [0.1, 0.15) is 5.01 Å². The molecular formula is C19H21N3S2. The van der Waals surface area contributed by atoms with E-state index >= 15 is 0 Å². The smallest absolute Gasteiger partial charge is 0.124 e. The number of benzene rings is 1. The molecule has 1 aliphatic rings. The van der Waals surface area contributed by atoms with Crippen LogP contribution < -0.4 is 4.90 Å². The Balaban J connectivity index is 1.36. The fourth-order valence-corrected chi connectivity index (χ4v) is 4.72. The first-order chi connectivity index (χ1) is 11.8. The van der Waals surface area contributed by atoms with E-state index in [0.29, 0.717) is 0 Å². The minimum Gasteiger partial charge on any atom is -0.369 e. The largest absolute Gasteiger partial charge is 0.369 e. The number of nitrogens with zero attached hydrogens (tertiary/aromatic N) is 3. The van der Waals surface area contributed by atoms with Crippen LogP contribution in [0.5, 0.6) is 0 Å². The van der Waals surface area contributed by atoms with Gasteiger partial charge in [-0.1, -0.05) is 18.2 Å². The van der Waals surface area contributed by atoms with Crippen LogP contribution >= 0.6 is 22.7 Å². The van der Waals surface area contributed by atoms with Crippen LogP contribution in [0.2, 0.25) is 0 Å². The average molecular weight is 356 g/mol. The Morgan fingerprint density at radius 3 is 2.62 bits per heavy atom. The van der Waals surface area contributed by atoms with Gasteiger partial charge in [0.15, 0.2) is 0 Å². The number of anilines is 1. The van der Waals surface area contributed by atoms with Crippen molar-refractivity contribution >= 4 is 28.4 Å². The molecule has 0 N–H and O–H groups in total. The molecule has 5 heteroatoms. The lowest BCUT2D eigenvalue weighted by Crippen LogP contribution is -2.46. The number of para-hydroxylation sites is 1. The third-order valence-corrected chi connectivity index (χ3v) is 6.16. The van der Waals surface area contributed by atoms with E-state index in [9.17, 15) is 0 Å². The molecule has 0 atom stereocenters. The summed E-state index contributed by atoms with van der Waals surface area (Å²) in [5.74, 6) is 0. The predicted molar refractivity (Wildman–Crippen MR) is 104 cm³/mol. The van der Waals surface area contributed by atoms with Crippen molar-refractivity contribution in [3.05, 3.63) is 57.7 Å². The van der Waals surface area contributed by atoms with Crippen molar-refractivity contribution in [1.29, 1.82) is 0 Å². The number of hydrogen-bond acceptors (Lipinski definition) is 5. The second-order valence-electron chi connectivity index (χ2n) is 6.21. The first-order valence-electron chi connectivity index (χ1n) is 8.29. The molecule has 1 saturated heterocycles. The maximum Gasteiger partial charge on any atom is 0.124 e. The molecular weight excluding hydrogens is 334 g/mol. The summed E-state index contributed by atoms with van der Waals surface area (Å²) < 4.78 is 0. The predicted octanol–water partition coefficient (Wildman–Crippen LogP) is 4.50. The van der Waals surface area contributed by atoms with Crippen LogP contribution in [0.15, 0.2) is 46.5 Å². The van der Waals surface area contributed by atoms with Crippen molar-refractivity contribution in [3.63, 3.8) is 0 Å². The molecule has 0 bridgehead atoms. The van der Waals surface area contributed by atoms with Crippen molar-refractivity contribution < 1.29 is 0 Å². The minimum atomic E-state index is 0.961. The topological polar surface area (TPSA) is 19.4 Å². The van der Waals surface area contributed by atoms with Gasteiger partial charge in [-0.15, -0.1) is 11.3 Å². The van der Waals surface area contributed by atoms with E-state index in [1.165, 1.54) is 22.5 Å². The quantitative estimate of drug-likeness (QED) is 0.687. The van der Waals surface area contributed by atoms with Gasteiger partial charge >= 0.3 is 0 Å². The Hall–Kier alpha value is -1.69. The van der Waals surface area contributed by atoms with Crippen LogP contribution in [0.3, 0.4) is 0 Å². The molecule has 1 aliphatic heterocycles. The van der Waals surface area contributed by atoms with Crippen LogP contribution in [-0.4, -0.2) is 36.1 Å². The zero-order valence-electron chi connectivity index (χ0n) is 13.8. The van der Waals surface area contributed by atoms with Gasteiger partial charge in [0.2, 0.25) is 0 Å². The number of hydrogen-bond donors (Lipinski definition) is 0. The standard InChI is InChI=1S/C19H21N3S2/c1-15-4-2-3-5-18(15)22-9-7-21(8-10-22)12-17-14-24-19(20-17)16-6-11-23-13-16/h2-6,11,13-14H,7-10,12H2,1H3. The second kappa shape index (κ2) is 7.05. The Kier molecular flexibility index (Phi) is 4.65. The monoisotopic (exact) mass is 355 g/mol. The summed E-state index contributed by atoms with van der Waals surface area (Å²) in [6, 6.07) is 10.8. The highest BCUT2D eigenvalue weighted by atomic mass is 32.1. The van der Waals surface area contributed by atoms with E-state index in [2.05, 4.69) is 63.2 Å². The maximum absolute atomic E-state index is 4.81. The van der Waals surface area contributed by atoms with Gasteiger partial charge in [0.25, 0.3) is 0 Å². The summed E-state index contributed by atoms with van der Waals surface area (Å²) in [7, 11) is 0. The zero-order valence-corrected chi connectivity index (χ0v) is 15.4. The fourth-order valence-electron chi connectivity index (χ4n) is 3.19. The maximum atomic E-state index is 4.81. The van der Waals surface area contributed by atoms with Gasteiger partial charge in [0.05, 0.1) is 5.69 Å². The van der Waals surface area contributed by atoms with E-state index in [1.54, 1.807) is 22.7 Å². The summed E-state index contributed by atoms with van der Waals surface area (Å²) in [6.45, 7) is 7.53. The highest BCUT2D eigenvalue weighted by Crippen LogP contribution is 2.26. The van der Waals surface area contributed by atoms with Crippen LogP contribution in [0.1, 0.15) is 11.3 Å². The zero-order chi connectivity index (χ0) is 16.4. The van der Waals surface area contributed by atoms with Gasteiger partial charge in [-0.2, -0.15) is 11.3 Å². The molecule has 0 saturated carbocycles. The molecule has 3 heterocycles. The van der Waals surface area contributed by atoms with E-state index in [4.69, 9.17) is 4.98 Å². The molecule has 3 nitrogen and oxygen atoms in total. The van der Waals surface area contributed by atoms with Gasteiger partial charge in [-0.05, 0) is 30.0 Å². The molecule has 0 spiro atoms. The Labute approximate surface area is 151 Å². The molecule has 4 rings (SSSR count). The number of thiazole rings is 1. The van der Waals surface area contributed by atoms with Crippen LogP contribution in [0.25, 0.3) is 10.6 Å². The lowest BCUT2D eigenvalue weighted by atomic mass is 10.1. The molecule has 1 aromatic carbocycles. The van der Waals surface area contributed by atoms with Crippen molar-refractivity contribution in [2.75, 3.05) is 31.1 Å². The molecule has 0 aliphatic carbocycles. The number of piperazine rings is 1. The lowest BCUT2D eigenvalue weighted by molar-refractivity contribution is 0.247. The summed E-state index contributed by atoms with van der Waals surface area (Å²) in [4.78, 5) is 9.83.